The predicted molar refractivity (Wildman–Crippen MR) is 80.2 cm³/mol. The van der Waals surface area contributed by atoms with Crippen LogP contribution in [0.2, 0.25) is 0 Å². The molecule has 1 fully saturated rings. The highest BCUT2D eigenvalue weighted by molar-refractivity contribution is 5.34. The zero-order valence-electron chi connectivity index (χ0n) is 12.1. The summed E-state index contributed by atoms with van der Waals surface area (Å²) in [6, 6.07) is 9.63. The molecule has 1 aromatic rings. The lowest BCUT2D eigenvalue weighted by atomic mass is 9.83. The maximum atomic E-state index is 6.18. The Morgan fingerprint density at radius 1 is 1.21 bits per heavy atom. The summed E-state index contributed by atoms with van der Waals surface area (Å²) in [5, 5.41) is 0. The van der Waals surface area contributed by atoms with E-state index in [9.17, 15) is 0 Å². The number of likely N-dealkylation sites (tertiary alicyclic amines) is 1. The molecule has 1 aliphatic carbocycles. The molecule has 1 unspecified atom stereocenters. The van der Waals surface area contributed by atoms with Gasteiger partial charge >= 0.3 is 0 Å². The zero-order valence-corrected chi connectivity index (χ0v) is 12.1. The van der Waals surface area contributed by atoms with Crippen molar-refractivity contribution in [3.63, 3.8) is 0 Å². The van der Waals surface area contributed by atoms with Crippen LogP contribution in [0.5, 0.6) is 0 Å². The van der Waals surface area contributed by atoms with Crippen molar-refractivity contribution in [2.75, 3.05) is 19.6 Å². The monoisotopic (exact) mass is 258 g/mol. The molecule has 1 saturated heterocycles. The van der Waals surface area contributed by atoms with Crippen molar-refractivity contribution in [1.82, 2.24) is 4.90 Å². The Morgan fingerprint density at radius 3 is 2.47 bits per heavy atom. The summed E-state index contributed by atoms with van der Waals surface area (Å²) in [7, 11) is 0. The van der Waals surface area contributed by atoms with Gasteiger partial charge in [-0.15, -0.1) is 0 Å². The number of hydrogen-bond donors (Lipinski definition) is 1. The molecule has 1 aliphatic heterocycles. The molecule has 104 valence electrons. The van der Waals surface area contributed by atoms with Crippen LogP contribution in [0.3, 0.4) is 0 Å². The average Bonchev–Trinajstić information content (AvgIpc) is 2.80. The second-order valence-corrected chi connectivity index (χ2v) is 6.64. The lowest BCUT2D eigenvalue weighted by Gasteiger charge is -2.40. The highest BCUT2D eigenvalue weighted by atomic mass is 15.2. The number of nitrogens with two attached hydrogens (primary N) is 1. The fourth-order valence-electron chi connectivity index (χ4n) is 3.92. The van der Waals surface area contributed by atoms with Gasteiger partial charge in [0.15, 0.2) is 0 Å². The van der Waals surface area contributed by atoms with Gasteiger partial charge in [0.05, 0.1) is 0 Å². The maximum absolute atomic E-state index is 6.18. The molecule has 1 aromatic carbocycles. The van der Waals surface area contributed by atoms with Gasteiger partial charge in [-0.3, -0.25) is 0 Å². The fraction of sp³-hybridized carbons (Fsp3) is 0.647. The quantitative estimate of drug-likeness (QED) is 0.903. The first-order chi connectivity index (χ1) is 9.22. The Kier molecular flexibility index (Phi) is 3.64. The topological polar surface area (TPSA) is 29.3 Å². The Morgan fingerprint density at radius 2 is 1.89 bits per heavy atom. The third-order valence-electron chi connectivity index (χ3n) is 5.16. The second kappa shape index (κ2) is 5.26. The lowest BCUT2D eigenvalue weighted by Crippen LogP contribution is -2.48. The van der Waals surface area contributed by atoms with Crippen molar-refractivity contribution < 1.29 is 0 Å². The molecule has 3 rings (SSSR count). The minimum Gasteiger partial charge on any atom is -0.330 e. The molecule has 0 amide bonds. The first-order valence-electron chi connectivity index (χ1n) is 7.73. The van der Waals surface area contributed by atoms with Gasteiger partial charge in [0.25, 0.3) is 0 Å². The SMILES string of the molecule is CC1CCCCN1CC1(CN)Cc2ccccc2C1. The Bertz CT molecular complexity index is 416. The molecular formula is C17H26N2. The average molecular weight is 258 g/mol. The smallest absolute Gasteiger partial charge is 0.00671 e. The third kappa shape index (κ3) is 2.56. The molecule has 0 radical (unpaired) electrons. The van der Waals surface area contributed by atoms with Gasteiger partial charge in [0.2, 0.25) is 0 Å². The van der Waals surface area contributed by atoms with E-state index in [2.05, 4.69) is 36.1 Å². The molecule has 0 saturated carbocycles. The molecule has 2 nitrogen and oxygen atoms in total. The van der Waals surface area contributed by atoms with Gasteiger partial charge in [-0.2, -0.15) is 0 Å². The summed E-state index contributed by atoms with van der Waals surface area (Å²) >= 11 is 0. The van der Waals surface area contributed by atoms with Crippen LogP contribution in [-0.4, -0.2) is 30.6 Å². The standard InChI is InChI=1S/C17H26N2/c1-14-6-4-5-9-19(14)13-17(12-18)10-15-7-2-3-8-16(15)11-17/h2-3,7-8,14H,4-6,9-13,18H2,1H3. The van der Waals surface area contributed by atoms with E-state index in [0.717, 1.165) is 12.6 Å². The van der Waals surface area contributed by atoms with Crippen LogP contribution >= 0.6 is 0 Å². The molecule has 2 aliphatic rings. The van der Waals surface area contributed by atoms with Crippen LogP contribution in [0.25, 0.3) is 0 Å². The molecule has 1 heterocycles. The van der Waals surface area contributed by atoms with Gasteiger partial charge in [-0.25, -0.2) is 0 Å². The number of hydrogen-bond acceptors (Lipinski definition) is 2. The summed E-state index contributed by atoms with van der Waals surface area (Å²) in [6.07, 6.45) is 6.45. The largest absolute Gasteiger partial charge is 0.330 e. The van der Waals surface area contributed by atoms with Crippen LogP contribution in [0, 0.1) is 5.41 Å². The maximum Gasteiger partial charge on any atom is 0.00671 e. The summed E-state index contributed by atoms with van der Waals surface area (Å²) in [5.74, 6) is 0. The van der Waals surface area contributed by atoms with E-state index in [1.54, 1.807) is 0 Å². The van der Waals surface area contributed by atoms with Gasteiger partial charge < -0.3 is 10.6 Å². The zero-order chi connectivity index (χ0) is 13.3. The number of benzene rings is 1. The van der Waals surface area contributed by atoms with Crippen LogP contribution in [0.4, 0.5) is 0 Å². The van der Waals surface area contributed by atoms with E-state index in [4.69, 9.17) is 5.73 Å². The molecule has 1 atom stereocenters. The molecule has 0 bridgehead atoms. The summed E-state index contributed by atoms with van der Waals surface area (Å²) in [6.45, 7) is 5.63. The van der Waals surface area contributed by atoms with Gasteiger partial charge in [-0.05, 0) is 56.8 Å². The third-order valence-corrected chi connectivity index (χ3v) is 5.16. The number of nitrogens with zero attached hydrogens (tertiary/aromatic N) is 1. The highest BCUT2D eigenvalue weighted by Gasteiger charge is 2.38. The Balaban J connectivity index is 1.75. The molecule has 2 N–H and O–H groups in total. The molecule has 0 spiro atoms. The van der Waals surface area contributed by atoms with E-state index in [1.165, 1.54) is 56.3 Å². The van der Waals surface area contributed by atoms with Crippen molar-refractivity contribution in [2.45, 2.75) is 45.1 Å². The van der Waals surface area contributed by atoms with Crippen molar-refractivity contribution in [1.29, 1.82) is 0 Å². The minimum atomic E-state index is 0.287. The van der Waals surface area contributed by atoms with Crippen molar-refractivity contribution in [3.8, 4) is 0 Å². The summed E-state index contributed by atoms with van der Waals surface area (Å²) in [4.78, 5) is 2.68. The lowest BCUT2D eigenvalue weighted by molar-refractivity contribution is 0.0958. The normalized spacial score (nSPS) is 26.3. The predicted octanol–water partition coefficient (Wildman–Crippen LogP) is 2.60. The Labute approximate surface area is 117 Å². The van der Waals surface area contributed by atoms with Gasteiger partial charge in [0, 0.05) is 18.0 Å². The number of fused-ring (bicyclic) bond motifs is 1. The van der Waals surface area contributed by atoms with Crippen LogP contribution in [-0.2, 0) is 12.8 Å². The van der Waals surface area contributed by atoms with Crippen LogP contribution in [0.1, 0.15) is 37.3 Å². The number of rotatable bonds is 3. The van der Waals surface area contributed by atoms with E-state index in [-0.39, 0.29) is 5.41 Å². The van der Waals surface area contributed by atoms with E-state index < -0.39 is 0 Å². The molecular weight excluding hydrogens is 232 g/mol. The second-order valence-electron chi connectivity index (χ2n) is 6.64. The van der Waals surface area contributed by atoms with Crippen LogP contribution < -0.4 is 5.73 Å². The van der Waals surface area contributed by atoms with E-state index in [0.29, 0.717) is 0 Å². The first kappa shape index (κ1) is 13.1. The van der Waals surface area contributed by atoms with E-state index in [1.807, 2.05) is 0 Å². The van der Waals surface area contributed by atoms with Crippen molar-refractivity contribution in [2.24, 2.45) is 11.1 Å². The number of piperidine rings is 1. The van der Waals surface area contributed by atoms with E-state index >= 15 is 0 Å². The Hall–Kier alpha value is -0.860. The van der Waals surface area contributed by atoms with Crippen molar-refractivity contribution >= 4 is 0 Å². The van der Waals surface area contributed by atoms with Gasteiger partial charge in [0.1, 0.15) is 0 Å². The molecule has 19 heavy (non-hydrogen) atoms. The first-order valence-corrected chi connectivity index (χ1v) is 7.73. The summed E-state index contributed by atoms with van der Waals surface area (Å²) in [5.41, 5.74) is 9.52. The fourth-order valence-corrected chi connectivity index (χ4v) is 3.92. The highest BCUT2D eigenvalue weighted by Crippen LogP contribution is 2.38. The molecule has 0 aromatic heterocycles. The van der Waals surface area contributed by atoms with Gasteiger partial charge in [-0.1, -0.05) is 30.7 Å². The minimum absolute atomic E-state index is 0.287. The van der Waals surface area contributed by atoms with Crippen molar-refractivity contribution in [3.05, 3.63) is 35.4 Å². The summed E-state index contributed by atoms with van der Waals surface area (Å²) < 4.78 is 0. The molecule has 2 heteroatoms. The van der Waals surface area contributed by atoms with Crippen LogP contribution in [0.15, 0.2) is 24.3 Å².